The third kappa shape index (κ3) is 3.93. The second-order valence-electron chi connectivity index (χ2n) is 2.49. The van der Waals surface area contributed by atoms with Crippen LogP contribution in [-0.4, -0.2) is 18.9 Å². The van der Waals surface area contributed by atoms with Gasteiger partial charge in [-0.05, 0) is 26.8 Å². The Hall–Kier alpha value is -0.330. The van der Waals surface area contributed by atoms with Gasteiger partial charge in [0.25, 0.3) is 0 Å². The summed E-state index contributed by atoms with van der Waals surface area (Å²) in [5.41, 5.74) is 2.30. The Labute approximate surface area is 80.0 Å². The van der Waals surface area contributed by atoms with E-state index >= 15 is 0 Å². The van der Waals surface area contributed by atoms with Crippen LogP contribution in [0.2, 0.25) is 0 Å². The molecule has 0 aromatic rings. The maximum atomic E-state index is 12.0. The molecule has 1 atom stereocenters. The molecule has 0 radical (unpaired) electrons. The zero-order valence-electron chi connectivity index (χ0n) is 8.45. The van der Waals surface area contributed by atoms with Crippen molar-refractivity contribution in [3.63, 3.8) is 0 Å². The Morgan fingerprint density at radius 3 is 2.23 bits per heavy atom. The van der Waals surface area contributed by atoms with Gasteiger partial charge in [0.05, 0.1) is 18.9 Å². The van der Waals surface area contributed by atoms with Crippen molar-refractivity contribution in [3.05, 3.63) is 18.4 Å². The minimum absolute atomic E-state index is 0.287. The van der Waals surface area contributed by atoms with Gasteiger partial charge in [-0.15, -0.1) is 5.73 Å². The summed E-state index contributed by atoms with van der Waals surface area (Å²) >= 11 is 0. The molecule has 0 fully saturated rings. The molecule has 0 amide bonds. The molecule has 3 nitrogen and oxygen atoms in total. The lowest BCUT2D eigenvalue weighted by atomic mass is 10.5. The van der Waals surface area contributed by atoms with Crippen LogP contribution in [0.1, 0.15) is 20.8 Å². The van der Waals surface area contributed by atoms with Crippen LogP contribution in [0.4, 0.5) is 0 Å². The fourth-order valence-electron chi connectivity index (χ4n) is 0.894. The lowest BCUT2D eigenvalue weighted by molar-refractivity contribution is 0.216. The lowest BCUT2D eigenvalue weighted by Gasteiger charge is -2.20. The number of allylic oxidation sites excluding steroid dienone is 1. The molecule has 0 N–H and O–H groups in total. The Morgan fingerprint density at radius 2 is 1.92 bits per heavy atom. The SMILES string of the molecule is C=C=CC(C)P(=O)(OCC)OCC. The number of rotatable bonds is 6. The molecular weight excluding hydrogens is 187 g/mol. The second kappa shape index (κ2) is 6.17. The summed E-state index contributed by atoms with van der Waals surface area (Å²) in [6, 6.07) is 0. The highest BCUT2D eigenvalue weighted by molar-refractivity contribution is 7.54. The van der Waals surface area contributed by atoms with Crippen molar-refractivity contribution in [1.82, 2.24) is 0 Å². The molecule has 0 aliphatic carbocycles. The summed E-state index contributed by atoms with van der Waals surface area (Å²) in [6.07, 6.45) is 1.60. The van der Waals surface area contributed by atoms with Crippen LogP contribution in [0.15, 0.2) is 18.4 Å². The molecule has 0 rings (SSSR count). The summed E-state index contributed by atoms with van der Waals surface area (Å²) in [5, 5.41) is 0. The highest BCUT2D eigenvalue weighted by Gasteiger charge is 2.29. The molecule has 0 heterocycles. The van der Waals surface area contributed by atoms with Crippen molar-refractivity contribution in [3.8, 4) is 0 Å². The molecule has 0 aromatic heterocycles. The fraction of sp³-hybridized carbons (Fsp3) is 0.667. The van der Waals surface area contributed by atoms with Crippen LogP contribution in [0.5, 0.6) is 0 Å². The third-order valence-corrected chi connectivity index (χ3v) is 3.86. The van der Waals surface area contributed by atoms with Crippen molar-refractivity contribution in [2.75, 3.05) is 13.2 Å². The lowest BCUT2D eigenvalue weighted by Crippen LogP contribution is -2.06. The Kier molecular flexibility index (Phi) is 6.02. The number of hydrogen-bond acceptors (Lipinski definition) is 3. The van der Waals surface area contributed by atoms with Crippen LogP contribution < -0.4 is 0 Å². The molecule has 0 aliphatic heterocycles. The molecule has 76 valence electrons. The minimum atomic E-state index is -2.98. The van der Waals surface area contributed by atoms with Crippen molar-refractivity contribution >= 4 is 7.60 Å². The topological polar surface area (TPSA) is 35.5 Å². The third-order valence-electron chi connectivity index (χ3n) is 1.48. The minimum Gasteiger partial charge on any atom is -0.308 e. The summed E-state index contributed by atoms with van der Waals surface area (Å²) in [4.78, 5) is 0. The highest BCUT2D eigenvalue weighted by Crippen LogP contribution is 2.53. The van der Waals surface area contributed by atoms with Gasteiger partial charge in [0, 0.05) is 0 Å². The number of hydrogen-bond donors (Lipinski definition) is 0. The van der Waals surface area contributed by atoms with Gasteiger partial charge in [-0.3, -0.25) is 4.57 Å². The van der Waals surface area contributed by atoms with Crippen molar-refractivity contribution in [2.45, 2.75) is 26.4 Å². The summed E-state index contributed by atoms with van der Waals surface area (Å²) in [6.45, 7) is 9.53. The van der Waals surface area contributed by atoms with Crippen LogP contribution in [0, 0.1) is 0 Å². The maximum absolute atomic E-state index is 12.0. The first-order chi connectivity index (χ1) is 6.10. The van der Waals surface area contributed by atoms with Gasteiger partial charge in [-0.1, -0.05) is 6.58 Å². The van der Waals surface area contributed by atoms with Gasteiger partial charge in [0.1, 0.15) is 0 Å². The van der Waals surface area contributed by atoms with Crippen LogP contribution in [0.25, 0.3) is 0 Å². The maximum Gasteiger partial charge on any atom is 0.337 e. The summed E-state index contributed by atoms with van der Waals surface area (Å²) in [5.74, 6) is 0. The van der Waals surface area contributed by atoms with E-state index in [1.807, 2.05) is 0 Å². The molecule has 0 saturated heterocycles. The van der Waals surface area contributed by atoms with Gasteiger partial charge < -0.3 is 9.05 Å². The zero-order chi connectivity index (χ0) is 10.3. The predicted molar refractivity (Wildman–Crippen MR) is 54.0 cm³/mol. The van der Waals surface area contributed by atoms with Gasteiger partial charge in [-0.25, -0.2) is 0 Å². The first kappa shape index (κ1) is 12.7. The molecule has 0 spiro atoms. The summed E-state index contributed by atoms with van der Waals surface area (Å²) < 4.78 is 22.2. The van der Waals surface area contributed by atoms with E-state index in [9.17, 15) is 4.57 Å². The van der Waals surface area contributed by atoms with Crippen LogP contribution in [-0.2, 0) is 13.6 Å². The van der Waals surface area contributed by atoms with E-state index in [1.54, 1.807) is 26.8 Å². The predicted octanol–water partition coefficient (Wildman–Crippen LogP) is 2.98. The van der Waals surface area contributed by atoms with E-state index in [-0.39, 0.29) is 5.66 Å². The second-order valence-corrected chi connectivity index (χ2v) is 4.90. The first-order valence-electron chi connectivity index (χ1n) is 4.35. The van der Waals surface area contributed by atoms with E-state index in [4.69, 9.17) is 9.05 Å². The van der Waals surface area contributed by atoms with Crippen LogP contribution >= 0.6 is 7.60 Å². The average Bonchev–Trinajstić information content (AvgIpc) is 2.05. The van der Waals surface area contributed by atoms with Gasteiger partial charge >= 0.3 is 7.60 Å². The molecule has 4 heteroatoms. The van der Waals surface area contributed by atoms with Gasteiger partial charge in [0.2, 0.25) is 0 Å². The fourth-order valence-corrected chi connectivity index (χ4v) is 2.45. The first-order valence-corrected chi connectivity index (χ1v) is 5.96. The smallest absolute Gasteiger partial charge is 0.308 e. The molecule has 0 aromatic carbocycles. The monoisotopic (exact) mass is 204 g/mol. The average molecular weight is 204 g/mol. The normalized spacial score (nSPS) is 13.5. The van der Waals surface area contributed by atoms with Gasteiger partial charge in [-0.2, -0.15) is 0 Å². The van der Waals surface area contributed by atoms with Crippen molar-refractivity contribution in [1.29, 1.82) is 0 Å². The molecule has 0 bridgehead atoms. The Bertz CT molecular complexity index is 221. The van der Waals surface area contributed by atoms with E-state index in [2.05, 4.69) is 12.3 Å². The molecule has 0 saturated carbocycles. The summed E-state index contributed by atoms with van der Waals surface area (Å²) in [7, 11) is -2.98. The molecule has 13 heavy (non-hydrogen) atoms. The quantitative estimate of drug-likeness (QED) is 0.493. The van der Waals surface area contributed by atoms with E-state index < -0.39 is 7.60 Å². The van der Waals surface area contributed by atoms with Gasteiger partial charge in [0.15, 0.2) is 0 Å². The zero-order valence-corrected chi connectivity index (χ0v) is 9.34. The molecule has 0 aliphatic rings. The van der Waals surface area contributed by atoms with E-state index in [1.165, 1.54) is 0 Å². The standard InChI is InChI=1S/C9H17O3P/c1-5-8-9(4)13(10,11-6-2)12-7-3/h8-9H,1,6-7H2,2-4H3. The Morgan fingerprint density at radius 1 is 1.46 bits per heavy atom. The van der Waals surface area contributed by atoms with E-state index in [0.29, 0.717) is 13.2 Å². The largest absolute Gasteiger partial charge is 0.337 e. The van der Waals surface area contributed by atoms with Crippen LogP contribution in [0.3, 0.4) is 0 Å². The molecular formula is C9H17O3P. The highest BCUT2D eigenvalue weighted by atomic mass is 31.2. The Balaban J connectivity index is 4.55. The van der Waals surface area contributed by atoms with E-state index in [0.717, 1.165) is 0 Å². The van der Waals surface area contributed by atoms with Crippen molar-refractivity contribution < 1.29 is 13.6 Å². The molecule has 1 unspecified atom stereocenters. The van der Waals surface area contributed by atoms with Crippen molar-refractivity contribution in [2.24, 2.45) is 0 Å².